The fraction of sp³-hybridized carbons (Fsp3) is 1.00. The first-order valence-corrected chi connectivity index (χ1v) is 5.25. The predicted molar refractivity (Wildman–Crippen MR) is 37.2 cm³/mol. The minimum absolute atomic E-state index is 0.0502. The zero-order valence-electron chi connectivity index (χ0n) is 6.00. The highest BCUT2D eigenvalue weighted by Crippen LogP contribution is 2.25. The van der Waals surface area contributed by atoms with E-state index in [1.165, 1.54) is 0 Å². The minimum atomic E-state index is -0.0502. The number of hydrogen-bond donors (Lipinski definition) is 0. The van der Waals surface area contributed by atoms with Gasteiger partial charge in [0.2, 0.25) is 0 Å². The molecule has 0 heterocycles. The Bertz CT molecular complexity index is 49.7. The van der Waals surface area contributed by atoms with Crippen molar-refractivity contribution in [3.63, 3.8) is 0 Å². The summed E-state index contributed by atoms with van der Waals surface area (Å²) in [6, 6.07) is 0. The lowest BCUT2D eigenvalue weighted by Gasteiger charge is -2.07. The molecule has 0 atom stereocenters. The molecule has 0 saturated carbocycles. The zero-order valence-corrected chi connectivity index (χ0v) is 7.00. The predicted octanol–water partition coefficient (Wildman–Crippen LogP) is 2.54. The van der Waals surface area contributed by atoms with Crippen LogP contribution in [0.1, 0.15) is 20.8 Å². The molecule has 0 fully saturated rings. The molecule has 42 valence electrons. The van der Waals surface area contributed by atoms with Crippen molar-refractivity contribution < 1.29 is 0 Å². The molecule has 0 aromatic carbocycles. The summed E-state index contributed by atoms with van der Waals surface area (Å²) < 4.78 is 0. The first-order valence-electron chi connectivity index (χ1n) is 2.75. The molecule has 0 aromatic rings. The second-order valence-corrected chi connectivity index (χ2v) is 6.75. The van der Waals surface area contributed by atoms with Gasteiger partial charge in [0.25, 0.3) is 0 Å². The Morgan fingerprint density at radius 2 is 1.14 bits per heavy atom. The Labute approximate surface area is 48.5 Å². The van der Waals surface area contributed by atoms with Crippen molar-refractivity contribution in [2.45, 2.75) is 38.9 Å². The third kappa shape index (κ3) is 2.86. The molecule has 1 heteroatoms. The third-order valence-corrected chi connectivity index (χ3v) is 4.50. The summed E-state index contributed by atoms with van der Waals surface area (Å²) in [6.45, 7) is 11.6. The lowest BCUT2D eigenvalue weighted by atomic mass is 10.2. The Morgan fingerprint density at radius 1 is 1.00 bits per heavy atom. The van der Waals surface area contributed by atoms with Crippen LogP contribution < -0.4 is 0 Å². The van der Waals surface area contributed by atoms with Gasteiger partial charge in [0.1, 0.15) is 0 Å². The standard InChI is InChI=1S/C6H15Si/c1-6(2,3)7(4)5/h1-5H3/q+1. The zero-order chi connectivity index (χ0) is 6.08. The molecular formula is C6H15Si+. The summed E-state index contributed by atoms with van der Waals surface area (Å²) in [6.07, 6.45) is 0. The van der Waals surface area contributed by atoms with Gasteiger partial charge in [0, 0.05) is 0 Å². The first-order chi connectivity index (χ1) is 2.94. The highest BCUT2D eigenvalue weighted by molar-refractivity contribution is 6.59. The van der Waals surface area contributed by atoms with Crippen molar-refractivity contribution in [3.8, 4) is 0 Å². The van der Waals surface area contributed by atoms with Crippen molar-refractivity contribution >= 4 is 8.80 Å². The van der Waals surface area contributed by atoms with Gasteiger partial charge in [-0.1, -0.05) is 0 Å². The van der Waals surface area contributed by atoms with Crippen LogP contribution in [0.15, 0.2) is 0 Å². The van der Waals surface area contributed by atoms with Gasteiger partial charge in [0.05, 0.1) is 18.1 Å². The van der Waals surface area contributed by atoms with Crippen LogP contribution in [0.2, 0.25) is 18.1 Å². The highest BCUT2D eigenvalue weighted by Gasteiger charge is 2.30. The van der Waals surface area contributed by atoms with Crippen LogP contribution in [0.25, 0.3) is 0 Å². The maximum atomic E-state index is 2.35. The maximum Gasteiger partial charge on any atom is 0.313 e. The summed E-state index contributed by atoms with van der Waals surface area (Å²) in [5, 5.41) is 0.602. The summed E-state index contributed by atoms with van der Waals surface area (Å²) in [4.78, 5) is 0. The molecule has 0 aliphatic rings. The van der Waals surface area contributed by atoms with Crippen LogP contribution in [-0.4, -0.2) is 8.80 Å². The van der Waals surface area contributed by atoms with Gasteiger partial charge in [-0.15, -0.1) is 0 Å². The molecule has 0 aromatic heterocycles. The maximum absolute atomic E-state index is 2.35. The monoisotopic (exact) mass is 115 g/mol. The van der Waals surface area contributed by atoms with Crippen LogP contribution in [-0.2, 0) is 0 Å². The molecule has 0 nitrogen and oxygen atoms in total. The molecular weight excluding hydrogens is 100 g/mol. The molecule has 0 aliphatic carbocycles. The van der Waals surface area contributed by atoms with E-state index in [-0.39, 0.29) is 8.80 Å². The van der Waals surface area contributed by atoms with E-state index in [9.17, 15) is 0 Å². The van der Waals surface area contributed by atoms with Gasteiger partial charge < -0.3 is 0 Å². The highest BCUT2D eigenvalue weighted by atomic mass is 28.3. The second kappa shape index (κ2) is 1.99. The number of hydrogen-bond acceptors (Lipinski definition) is 0. The minimum Gasteiger partial charge on any atom is -0.0321 e. The fourth-order valence-electron chi connectivity index (χ4n) is 0. The molecule has 0 spiro atoms. The van der Waals surface area contributed by atoms with Crippen LogP contribution in [0, 0.1) is 0 Å². The molecule has 7 heavy (non-hydrogen) atoms. The van der Waals surface area contributed by atoms with Crippen molar-refractivity contribution in [1.29, 1.82) is 0 Å². The summed E-state index contributed by atoms with van der Waals surface area (Å²) in [5.74, 6) is 0. The van der Waals surface area contributed by atoms with Gasteiger partial charge >= 0.3 is 8.80 Å². The van der Waals surface area contributed by atoms with E-state index < -0.39 is 0 Å². The van der Waals surface area contributed by atoms with Gasteiger partial charge in [-0.2, -0.15) is 0 Å². The molecule has 0 amide bonds. The Morgan fingerprint density at radius 3 is 1.14 bits per heavy atom. The van der Waals surface area contributed by atoms with Crippen molar-refractivity contribution in [2.75, 3.05) is 0 Å². The summed E-state index contributed by atoms with van der Waals surface area (Å²) >= 11 is 0. The largest absolute Gasteiger partial charge is 0.313 e. The van der Waals surface area contributed by atoms with E-state index in [0.29, 0.717) is 5.04 Å². The average molecular weight is 115 g/mol. The van der Waals surface area contributed by atoms with Crippen LogP contribution in [0.5, 0.6) is 0 Å². The van der Waals surface area contributed by atoms with E-state index in [2.05, 4.69) is 33.9 Å². The molecule has 0 radical (unpaired) electrons. The lowest BCUT2D eigenvalue weighted by molar-refractivity contribution is 0.742. The van der Waals surface area contributed by atoms with Gasteiger partial charge in [-0.3, -0.25) is 0 Å². The molecule has 0 unspecified atom stereocenters. The molecule has 0 rings (SSSR count). The second-order valence-electron chi connectivity index (χ2n) is 3.25. The van der Waals surface area contributed by atoms with Crippen LogP contribution in [0.4, 0.5) is 0 Å². The molecule has 0 bridgehead atoms. The van der Waals surface area contributed by atoms with Gasteiger partial charge in [-0.25, -0.2) is 0 Å². The fourth-order valence-corrected chi connectivity index (χ4v) is 0. The molecule has 0 saturated heterocycles. The topological polar surface area (TPSA) is 0 Å². The van der Waals surface area contributed by atoms with Crippen LogP contribution >= 0.6 is 0 Å². The summed E-state index contributed by atoms with van der Waals surface area (Å²) in [7, 11) is -0.0502. The van der Waals surface area contributed by atoms with Gasteiger partial charge in [-0.05, 0) is 20.8 Å². The van der Waals surface area contributed by atoms with E-state index >= 15 is 0 Å². The normalized spacial score (nSPS) is 11.6. The smallest absolute Gasteiger partial charge is 0.0321 e. The first kappa shape index (κ1) is 7.22. The lowest BCUT2D eigenvalue weighted by Crippen LogP contribution is -2.16. The third-order valence-electron chi connectivity index (χ3n) is 1.50. The van der Waals surface area contributed by atoms with E-state index in [0.717, 1.165) is 0 Å². The Balaban J connectivity index is 3.54. The average Bonchev–Trinajstić information content (AvgIpc) is 1.31. The summed E-state index contributed by atoms with van der Waals surface area (Å²) in [5.41, 5.74) is 0. The SMILES string of the molecule is C[Si+](C)C(C)(C)C. The van der Waals surface area contributed by atoms with E-state index in [4.69, 9.17) is 0 Å². The van der Waals surface area contributed by atoms with Crippen molar-refractivity contribution in [2.24, 2.45) is 0 Å². The van der Waals surface area contributed by atoms with Crippen molar-refractivity contribution in [1.82, 2.24) is 0 Å². The van der Waals surface area contributed by atoms with Crippen LogP contribution in [0.3, 0.4) is 0 Å². The van der Waals surface area contributed by atoms with Crippen molar-refractivity contribution in [3.05, 3.63) is 0 Å². The van der Waals surface area contributed by atoms with Gasteiger partial charge in [0.15, 0.2) is 0 Å². The Kier molecular flexibility index (Phi) is 2.05. The molecule has 0 N–H and O–H groups in total. The Hall–Kier alpha value is 0.217. The quantitative estimate of drug-likeness (QED) is 0.426. The van der Waals surface area contributed by atoms with E-state index in [1.807, 2.05) is 0 Å². The molecule has 0 aliphatic heterocycles. The van der Waals surface area contributed by atoms with E-state index in [1.54, 1.807) is 0 Å². The number of rotatable bonds is 0.